The fraction of sp³-hybridized carbons (Fsp3) is 0.583. The summed E-state index contributed by atoms with van der Waals surface area (Å²) in [4.78, 5) is 25.3. The third-order valence-corrected chi connectivity index (χ3v) is 7.49. The summed E-state index contributed by atoms with van der Waals surface area (Å²) >= 11 is 0. The molecule has 0 aromatic carbocycles. The summed E-state index contributed by atoms with van der Waals surface area (Å²) in [7, 11) is 1.65. The van der Waals surface area contributed by atoms with E-state index < -0.39 is 0 Å². The number of likely N-dealkylation sites (N-methyl/N-ethyl adjacent to an activating group) is 1. The monoisotopic (exact) mass is 624 g/mol. The van der Waals surface area contributed by atoms with Gasteiger partial charge in [-0.15, -0.1) is 0 Å². The maximum absolute atomic E-state index is 13.5. The van der Waals surface area contributed by atoms with Crippen molar-refractivity contribution in [3.05, 3.63) is 72.0 Å². The molecule has 1 amide bonds. The Morgan fingerprint density at radius 2 is 1.89 bits per heavy atom. The third-order valence-electron chi connectivity index (χ3n) is 7.49. The molecule has 4 rings (SSSR count). The average molecular weight is 625 g/mol. The van der Waals surface area contributed by atoms with E-state index in [1.807, 2.05) is 38.7 Å². The Morgan fingerprint density at radius 3 is 2.51 bits per heavy atom. The number of allylic oxidation sites excluding steroid dienone is 3. The van der Waals surface area contributed by atoms with Crippen LogP contribution in [0.2, 0.25) is 0 Å². The molecule has 9 heteroatoms. The quantitative estimate of drug-likeness (QED) is 0.185. The number of piperidine rings is 1. The minimum absolute atomic E-state index is 0.00661. The van der Waals surface area contributed by atoms with Gasteiger partial charge >= 0.3 is 0 Å². The van der Waals surface area contributed by atoms with Crippen molar-refractivity contribution in [2.24, 2.45) is 10.9 Å². The van der Waals surface area contributed by atoms with Crippen LogP contribution in [-0.4, -0.2) is 69.1 Å². The van der Waals surface area contributed by atoms with Gasteiger partial charge in [0.25, 0.3) is 0 Å². The number of nitrogens with zero attached hydrogens (tertiary/aromatic N) is 5. The highest BCUT2D eigenvalue weighted by atomic mass is 19.1. The summed E-state index contributed by atoms with van der Waals surface area (Å²) in [6.45, 7) is 25.8. The van der Waals surface area contributed by atoms with Crippen LogP contribution in [0, 0.1) is 11.7 Å². The molecule has 4 heterocycles. The first-order chi connectivity index (χ1) is 21.3. The van der Waals surface area contributed by atoms with Crippen LogP contribution in [0.5, 0.6) is 0 Å². The molecule has 2 saturated heterocycles. The van der Waals surface area contributed by atoms with E-state index in [2.05, 4.69) is 67.5 Å². The van der Waals surface area contributed by atoms with Gasteiger partial charge in [-0.05, 0) is 96.9 Å². The Balaban J connectivity index is 0.000000335. The molecule has 2 fully saturated rings. The van der Waals surface area contributed by atoms with E-state index in [1.165, 1.54) is 25.1 Å². The lowest BCUT2D eigenvalue weighted by Crippen LogP contribution is -2.40. The van der Waals surface area contributed by atoms with E-state index in [1.54, 1.807) is 23.7 Å². The predicted octanol–water partition coefficient (Wildman–Crippen LogP) is 7.72. The molecule has 0 saturated carbocycles. The Hall–Kier alpha value is -3.62. The SMILES string of the molecule is C=C(/C=C(/C)N=C(C)c1cnc2ccc(F)cn12)N1CCCC1C(=O)NC.CC.CCC=C(OC(C)(C)C)N1CCCC(C)C1. The summed E-state index contributed by atoms with van der Waals surface area (Å²) in [5.74, 6) is 1.55. The number of hydrogen-bond donors (Lipinski definition) is 1. The number of aromatic nitrogens is 2. The number of aliphatic imine (C=N–C) groups is 1. The molecule has 0 radical (unpaired) electrons. The average Bonchev–Trinajstić information content (AvgIpc) is 3.65. The van der Waals surface area contributed by atoms with E-state index in [9.17, 15) is 9.18 Å². The molecule has 0 bridgehead atoms. The van der Waals surface area contributed by atoms with Crippen molar-refractivity contribution in [2.75, 3.05) is 26.7 Å². The molecular formula is C36H57FN6O2. The fourth-order valence-corrected chi connectivity index (χ4v) is 5.56. The number of halogens is 1. The first-order valence-corrected chi connectivity index (χ1v) is 16.5. The van der Waals surface area contributed by atoms with Crippen LogP contribution < -0.4 is 5.32 Å². The van der Waals surface area contributed by atoms with Gasteiger partial charge in [0, 0.05) is 44.3 Å². The van der Waals surface area contributed by atoms with Crippen LogP contribution in [-0.2, 0) is 9.53 Å². The van der Waals surface area contributed by atoms with E-state index >= 15 is 0 Å². The van der Waals surface area contributed by atoms with Crippen LogP contribution in [0.3, 0.4) is 0 Å². The van der Waals surface area contributed by atoms with Crippen molar-refractivity contribution in [2.45, 2.75) is 106 Å². The van der Waals surface area contributed by atoms with Crippen LogP contribution in [0.4, 0.5) is 4.39 Å². The molecule has 0 spiro atoms. The number of amides is 1. The number of fused-ring (bicyclic) bond motifs is 1. The van der Waals surface area contributed by atoms with Crippen LogP contribution in [0.25, 0.3) is 5.65 Å². The zero-order valence-electron chi connectivity index (χ0n) is 29.4. The summed E-state index contributed by atoms with van der Waals surface area (Å²) < 4.78 is 21.3. The normalized spacial score (nSPS) is 19.4. The van der Waals surface area contributed by atoms with Crippen molar-refractivity contribution < 1.29 is 13.9 Å². The summed E-state index contributed by atoms with van der Waals surface area (Å²) in [5.41, 5.74) is 3.54. The van der Waals surface area contributed by atoms with Crippen molar-refractivity contribution in [3.63, 3.8) is 0 Å². The minimum Gasteiger partial charge on any atom is -0.474 e. The third kappa shape index (κ3) is 11.4. The standard InChI is InChI=1S/C20H24FN5O.C14H27NO.C2H6/c1-13(10-14(2)25-9-5-6-17(25)20(27)22-4)24-15(3)18-11-23-19-8-7-16(21)12-26(18)19;1-6-8-13(16-14(3,4)5)15-10-7-9-12(2)11-15;1-2/h7-8,10-12,17H,2,5-6,9H2,1,3-4H3,(H,22,27);8,12H,6-7,9-11H2,1-5H3;1-2H3/b13-10-,24-15?;;. The zero-order valence-corrected chi connectivity index (χ0v) is 29.4. The molecule has 2 atom stereocenters. The lowest BCUT2D eigenvalue weighted by molar-refractivity contribution is -0.124. The highest BCUT2D eigenvalue weighted by Gasteiger charge is 2.30. The van der Waals surface area contributed by atoms with E-state index in [-0.39, 0.29) is 23.4 Å². The Labute approximate surface area is 271 Å². The summed E-state index contributed by atoms with van der Waals surface area (Å²) in [6.07, 6.45) is 12.6. The van der Waals surface area contributed by atoms with Crippen LogP contribution >= 0.6 is 0 Å². The number of ether oxygens (including phenoxy) is 1. The van der Waals surface area contributed by atoms with Gasteiger partial charge in [-0.1, -0.05) is 34.3 Å². The molecule has 2 aliphatic rings. The topological polar surface area (TPSA) is 74.5 Å². The number of likely N-dealkylation sites (tertiary alicyclic amines) is 2. The van der Waals surface area contributed by atoms with E-state index in [0.29, 0.717) is 5.65 Å². The molecule has 2 aliphatic heterocycles. The highest BCUT2D eigenvalue weighted by Crippen LogP contribution is 2.25. The van der Waals surface area contributed by atoms with Crippen molar-refractivity contribution in [3.8, 4) is 0 Å². The van der Waals surface area contributed by atoms with E-state index in [0.717, 1.165) is 73.5 Å². The van der Waals surface area contributed by atoms with Gasteiger partial charge in [0.1, 0.15) is 23.1 Å². The van der Waals surface area contributed by atoms with Gasteiger partial charge in [0.05, 0.1) is 17.6 Å². The van der Waals surface area contributed by atoms with Gasteiger partial charge in [0.15, 0.2) is 5.88 Å². The fourth-order valence-electron chi connectivity index (χ4n) is 5.56. The zero-order chi connectivity index (χ0) is 33.7. The van der Waals surface area contributed by atoms with Crippen LogP contribution in [0.15, 0.2) is 65.5 Å². The lowest BCUT2D eigenvalue weighted by atomic mass is 10.0. The van der Waals surface area contributed by atoms with Gasteiger partial charge in [-0.2, -0.15) is 0 Å². The molecule has 1 N–H and O–H groups in total. The number of hydrogen-bond acceptors (Lipinski definition) is 6. The molecule has 8 nitrogen and oxygen atoms in total. The predicted molar refractivity (Wildman–Crippen MR) is 185 cm³/mol. The van der Waals surface area contributed by atoms with Crippen molar-refractivity contribution in [1.82, 2.24) is 24.5 Å². The number of pyridine rings is 1. The maximum Gasteiger partial charge on any atom is 0.242 e. The second-order valence-corrected chi connectivity index (χ2v) is 12.5. The van der Waals surface area contributed by atoms with E-state index in [4.69, 9.17) is 4.74 Å². The number of carbonyl (C=O) groups is 1. The second kappa shape index (κ2) is 17.8. The second-order valence-electron chi connectivity index (χ2n) is 12.5. The molecule has 2 unspecified atom stereocenters. The van der Waals surface area contributed by atoms with Gasteiger partial charge < -0.3 is 19.9 Å². The summed E-state index contributed by atoms with van der Waals surface area (Å²) in [5, 5.41) is 2.71. The van der Waals surface area contributed by atoms with Gasteiger partial charge in [0.2, 0.25) is 5.91 Å². The highest BCUT2D eigenvalue weighted by molar-refractivity contribution is 5.98. The smallest absolute Gasteiger partial charge is 0.242 e. The molecule has 45 heavy (non-hydrogen) atoms. The first kappa shape index (κ1) is 37.6. The summed E-state index contributed by atoms with van der Waals surface area (Å²) in [6, 6.07) is 2.83. The first-order valence-electron chi connectivity index (χ1n) is 16.5. The molecule has 250 valence electrons. The largest absolute Gasteiger partial charge is 0.474 e. The van der Waals surface area contributed by atoms with Gasteiger partial charge in [-0.25, -0.2) is 9.37 Å². The molecule has 0 aliphatic carbocycles. The van der Waals surface area contributed by atoms with Crippen LogP contribution in [0.1, 0.15) is 100 Å². The molecule has 2 aromatic rings. The number of rotatable bonds is 8. The Bertz CT molecular complexity index is 1350. The molecular weight excluding hydrogens is 567 g/mol. The van der Waals surface area contributed by atoms with Crippen molar-refractivity contribution >= 4 is 17.3 Å². The Kier molecular flexibility index (Phi) is 14.8. The molecule has 2 aromatic heterocycles. The maximum atomic E-state index is 13.5. The lowest BCUT2D eigenvalue weighted by Gasteiger charge is -2.37. The number of imidazole rings is 1. The van der Waals surface area contributed by atoms with Crippen molar-refractivity contribution in [1.29, 1.82) is 0 Å². The minimum atomic E-state index is -0.329. The number of nitrogens with one attached hydrogen (secondary N) is 1. The van der Waals surface area contributed by atoms with Gasteiger partial charge in [-0.3, -0.25) is 14.2 Å². The Morgan fingerprint density at radius 1 is 1.20 bits per heavy atom. The number of carbonyl (C=O) groups excluding carboxylic acids is 1.